The van der Waals surface area contributed by atoms with Crippen LogP contribution in [0.15, 0.2) is 29.2 Å². The van der Waals surface area contributed by atoms with Crippen molar-refractivity contribution in [3.8, 4) is 5.75 Å². The Bertz CT molecular complexity index is 639. The van der Waals surface area contributed by atoms with Gasteiger partial charge in [0, 0.05) is 19.1 Å². The zero-order valence-electron chi connectivity index (χ0n) is 13.6. The number of rotatable bonds is 5. The van der Waals surface area contributed by atoms with Crippen LogP contribution in [0.2, 0.25) is 0 Å². The van der Waals surface area contributed by atoms with Crippen LogP contribution in [0.1, 0.15) is 20.3 Å². The molecule has 0 amide bonds. The van der Waals surface area contributed by atoms with Crippen LogP contribution in [0, 0.1) is 5.41 Å². The van der Waals surface area contributed by atoms with Crippen molar-refractivity contribution < 1.29 is 21.9 Å². The first-order valence-corrected chi connectivity index (χ1v) is 8.84. The van der Waals surface area contributed by atoms with E-state index >= 15 is 0 Å². The van der Waals surface area contributed by atoms with Crippen molar-refractivity contribution in [1.29, 1.82) is 0 Å². The minimum absolute atomic E-state index is 0. The molecular weight excluding hydrogens is 362 g/mol. The maximum absolute atomic E-state index is 12.7. The summed E-state index contributed by atoms with van der Waals surface area (Å²) in [5.41, 5.74) is 5.74. The summed E-state index contributed by atoms with van der Waals surface area (Å²) in [7, 11) is -3.63. The van der Waals surface area contributed by atoms with Gasteiger partial charge in [0.15, 0.2) is 0 Å². The second kappa shape index (κ2) is 7.95. The molecular formula is C15H23ClF2N2O3S. The Morgan fingerprint density at radius 2 is 1.92 bits per heavy atom. The van der Waals surface area contributed by atoms with Crippen LogP contribution in [0.25, 0.3) is 0 Å². The van der Waals surface area contributed by atoms with Crippen LogP contribution in [-0.4, -0.2) is 44.9 Å². The predicted molar refractivity (Wildman–Crippen MR) is 90.3 cm³/mol. The van der Waals surface area contributed by atoms with Gasteiger partial charge in [-0.3, -0.25) is 0 Å². The number of hydrogen-bond donors (Lipinski definition) is 1. The van der Waals surface area contributed by atoms with Gasteiger partial charge < -0.3 is 10.5 Å². The van der Waals surface area contributed by atoms with Crippen molar-refractivity contribution in [1.82, 2.24) is 4.31 Å². The van der Waals surface area contributed by atoms with E-state index in [9.17, 15) is 17.2 Å². The topological polar surface area (TPSA) is 72.6 Å². The van der Waals surface area contributed by atoms with Gasteiger partial charge in [0.25, 0.3) is 6.43 Å². The fourth-order valence-electron chi connectivity index (χ4n) is 2.55. The average molecular weight is 385 g/mol. The summed E-state index contributed by atoms with van der Waals surface area (Å²) < 4.78 is 55.8. The third kappa shape index (κ3) is 4.78. The predicted octanol–water partition coefficient (Wildman–Crippen LogP) is 2.50. The highest BCUT2D eigenvalue weighted by atomic mass is 35.5. The molecule has 0 radical (unpaired) electrons. The van der Waals surface area contributed by atoms with E-state index in [-0.39, 0.29) is 34.5 Å². The second-order valence-corrected chi connectivity index (χ2v) is 8.33. The van der Waals surface area contributed by atoms with Crippen LogP contribution in [0.4, 0.5) is 8.78 Å². The Labute approximate surface area is 147 Å². The molecule has 0 spiro atoms. The maximum Gasteiger partial charge on any atom is 0.272 e. The molecule has 1 atom stereocenters. The van der Waals surface area contributed by atoms with E-state index in [1.165, 1.54) is 28.6 Å². The molecule has 0 aliphatic carbocycles. The van der Waals surface area contributed by atoms with Gasteiger partial charge in [0.1, 0.15) is 12.4 Å². The molecule has 1 heterocycles. The fraction of sp³-hybridized carbons (Fsp3) is 0.600. The first-order valence-electron chi connectivity index (χ1n) is 7.40. The quantitative estimate of drug-likeness (QED) is 0.846. The zero-order chi connectivity index (χ0) is 17.3. The second-order valence-electron chi connectivity index (χ2n) is 6.40. The molecule has 1 aliphatic rings. The number of nitrogens with two attached hydrogens (primary N) is 1. The Morgan fingerprint density at radius 1 is 1.33 bits per heavy atom. The van der Waals surface area contributed by atoms with Gasteiger partial charge in [-0.2, -0.15) is 4.31 Å². The summed E-state index contributed by atoms with van der Waals surface area (Å²) in [6, 6.07) is 5.47. The smallest absolute Gasteiger partial charge is 0.272 e. The average Bonchev–Trinajstić information content (AvgIpc) is 2.48. The summed E-state index contributed by atoms with van der Waals surface area (Å²) in [5.74, 6) is 0.213. The number of benzene rings is 1. The minimum atomic E-state index is -3.63. The van der Waals surface area contributed by atoms with E-state index in [1.54, 1.807) is 0 Å². The van der Waals surface area contributed by atoms with Crippen LogP contribution >= 0.6 is 12.4 Å². The summed E-state index contributed by atoms with van der Waals surface area (Å²) in [4.78, 5) is 0.119. The van der Waals surface area contributed by atoms with Crippen molar-refractivity contribution >= 4 is 22.4 Å². The van der Waals surface area contributed by atoms with Crippen molar-refractivity contribution in [3.63, 3.8) is 0 Å². The van der Waals surface area contributed by atoms with Crippen molar-refractivity contribution in [2.45, 2.75) is 37.6 Å². The van der Waals surface area contributed by atoms with Gasteiger partial charge in [-0.25, -0.2) is 17.2 Å². The Hall–Kier alpha value is -0.960. The van der Waals surface area contributed by atoms with Crippen LogP contribution < -0.4 is 10.5 Å². The summed E-state index contributed by atoms with van der Waals surface area (Å²) in [6.45, 7) is 3.89. The first kappa shape index (κ1) is 21.1. The molecule has 138 valence electrons. The van der Waals surface area contributed by atoms with Gasteiger partial charge >= 0.3 is 0 Å². The number of piperidine rings is 1. The molecule has 5 nitrogen and oxygen atoms in total. The summed E-state index contributed by atoms with van der Waals surface area (Å²) in [6.07, 6.45) is -1.97. The third-order valence-electron chi connectivity index (χ3n) is 4.11. The Kier molecular flexibility index (Phi) is 6.98. The van der Waals surface area contributed by atoms with E-state index in [2.05, 4.69) is 0 Å². The van der Waals surface area contributed by atoms with Gasteiger partial charge in [0.2, 0.25) is 10.0 Å². The molecule has 24 heavy (non-hydrogen) atoms. The SMILES string of the molecule is CC1(C)CN(S(=O)(=O)c2ccc(OCC(F)F)cc2)CCC1N.Cl. The number of nitrogens with zero attached hydrogens (tertiary/aromatic N) is 1. The molecule has 0 saturated carbocycles. The van der Waals surface area contributed by atoms with Crippen LogP contribution in [0.5, 0.6) is 5.75 Å². The van der Waals surface area contributed by atoms with E-state index < -0.39 is 23.1 Å². The van der Waals surface area contributed by atoms with E-state index in [4.69, 9.17) is 10.5 Å². The third-order valence-corrected chi connectivity index (χ3v) is 5.97. The van der Waals surface area contributed by atoms with Crippen molar-refractivity contribution in [2.24, 2.45) is 11.1 Å². The summed E-state index contributed by atoms with van der Waals surface area (Å²) in [5, 5.41) is 0. The van der Waals surface area contributed by atoms with E-state index in [1.807, 2.05) is 13.8 Å². The van der Waals surface area contributed by atoms with Crippen LogP contribution in [0.3, 0.4) is 0 Å². The van der Waals surface area contributed by atoms with E-state index in [0.29, 0.717) is 19.5 Å². The van der Waals surface area contributed by atoms with Crippen molar-refractivity contribution in [3.05, 3.63) is 24.3 Å². The Morgan fingerprint density at radius 3 is 2.42 bits per heavy atom. The number of hydrogen-bond acceptors (Lipinski definition) is 4. The number of alkyl halides is 2. The first-order chi connectivity index (χ1) is 10.6. The summed E-state index contributed by atoms with van der Waals surface area (Å²) >= 11 is 0. The normalized spacial score (nSPS) is 21.3. The molecule has 2 N–H and O–H groups in total. The molecule has 1 saturated heterocycles. The largest absolute Gasteiger partial charge is 0.488 e. The van der Waals surface area contributed by atoms with E-state index in [0.717, 1.165) is 0 Å². The number of sulfonamides is 1. The zero-order valence-corrected chi connectivity index (χ0v) is 15.2. The molecule has 1 unspecified atom stereocenters. The van der Waals surface area contributed by atoms with Gasteiger partial charge in [-0.15, -0.1) is 12.4 Å². The minimum Gasteiger partial charge on any atom is -0.488 e. The Balaban J connectivity index is 0.00000288. The molecule has 2 rings (SSSR count). The standard InChI is InChI=1S/C15H22F2N2O3S.ClH/c1-15(2)10-19(8-7-13(15)18)23(20,21)12-5-3-11(4-6-12)22-9-14(16)17;/h3-6,13-14H,7-10,18H2,1-2H3;1H. The number of halogens is 3. The molecule has 0 bridgehead atoms. The molecule has 1 aromatic rings. The highest BCUT2D eigenvalue weighted by molar-refractivity contribution is 7.89. The fourth-order valence-corrected chi connectivity index (χ4v) is 4.17. The van der Waals surface area contributed by atoms with Gasteiger partial charge in [-0.05, 0) is 36.1 Å². The monoisotopic (exact) mass is 384 g/mol. The maximum atomic E-state index is 12.7. The highest BCUT2D eigenvalue weighted by Gasteiger charge is 2.38. The molecule has 0 aromatic heterocycles. The van der Waals surface area contributed by atoms with Crippen LogP contribution in [-0.2, 0) is 10.0 Å². The molecule has 1 aromatic carbocycles. The number of ether oxygens (including phenoxy) is 1. The van der Waals surface area contributed by atoms with Crippen molar-refractivity contribution in [2.75, 3.05) is 19.7 Å². The lowest BCUT2D eigenvalue weighted by Crippen LogP contribution is -2.53. The highest BCUT2D eigenvalue weighted by Crippen LogP contribution is 2.31. The lowest BCUT2D eigenvalue weighted by Gasteiger charge is -2.41. The van der Waals surface area contributed by atoms with Gasteiger partial charge in [-0.1, -0.05) is 13.8 Å². The molecule has 9 heteroatoms. The molecule has 1 fully saturated rings. The lowest BCUT2D eigenvalue weighted by molar-refractivity contribution is 0.0819. The lowest BCUT2D eigenvalue weighted by atomic mass is 9.81. The van der Waals surface area contributed by atoms with Gasteiger partial charge in [0.05, 0.1) is 4.90 Å². The molecule has 1 aliphatic heterocycles.